The van der Waals surface area contributed by atoms with Crippen LogP contribution in [0.2, 0.25) is 0 Å². The molecule has 0 radical (unpaired) electrons. The first-order chi connectivity index (χ1) is 5.00. The predicted molar refractivity (Wildman–Crippen MR) is 39.1 cm³/mol. The van der Waals surface area contributed by atoms with E-state index in [1.165, 1.54) is 0 Å². The van der Waals surface area contributed by atoms with Crippen molar-refractivity contribution < 1.29 is 20.1 Å². The second-order valence-corrected chi connectivity index (χ2v) is 2.46. The standard InChI is InChI=1S/C7H12O4/c1-4(2)6(10)7(11)5(9)3-8/h3,5,7,9-11H,1-2H3. The lowest BCUT2D eigenvalue weighted by Crippen LogP contribution is -2.29. The molecule has 4 heteroatoms. The molecule has 0 aromatic heterocycles. The molecule has 2 atom stereocenters. The number of aldehydes is 1. The molecule has 0 amide bonds. The van der Waals surface area contributed by atoms with Crippen LogP contribution >= 0.6 is 0 Å². The van der Waals surface area contributed by atoms with Crippen LogP contribution in [0, 0.1) is 0 Å². The van der Waals surface area contributed by atoms with Crippen molar-refractivity contribution in [3.05, 3.63) is 11.3 Å². The quantitative estimate of drug-likeness (QED) is 0.393. The summed E-state index contributed by atoms with van der Waals surface area (Å²) in [6.45, 7) is 3.13. The third kappa shape index (κ3) is 2.69. The van der Waals surface area contributed by atoms with Crippen molar-refractivity contribution in [2.24, 2.45) is 0 Å². The molecule has 0 fully saturated rings. The largest absolute Gasteiger partial charge is 0.510 e. The van der Waals surface area contributed by atoms with E-state index in [2.05, 4.69) is 0 Å². The van der Waals surface area contributed by atoms with Crippen LogP contribution in [0.1, 0.15) is 13.8 Å². The minimum Gasteiger partial charge on any atom is -0.510 e. The van der Waals surface area contributed by atoms with Gasteiger partial charge in [0.15, 0.2) is 6.29 Å². The van der Waals surface area contributed by atoms with Gasteiger partial charge in [-0.2, -0.15) is 0 Å². The molecule has 0 aromatic carbocycles. The molecule has 0 saturated carbocycles. The summed E-state index contributed by atoms with van der Waals surface area (Å²) in [5, 5.41) is 26.7. The Bertz CT molecular complexity index is 169. The molecule has 64 valence electrons. The van der Waals surface area contributed by atoms with Gasteiger partial charge < -0.3 is 20.1 Å². The van der Waals surface area contributed by atoms with Gasteiger partial charge in [-0.1, -0.05) is 0 Å². The number of hydrogen-bond acceptors (Lipinski definition) is 4. The summed E-state index contributed by atoms with van der Waals surface area (Å²) in [6.07, 6.45) is -2.88. The molecule has 0 aromatic rings. The summed E-state index contributed by atoms with van der Waals surface area (Å²) in [7, 11) is 0. The van der Waals surface area contributed by atoms with Gasteiger partial charge in [0.05, 0.1) is 0 Å². The first-order valence-corrected chi connectivity index (χ1v) is 3.18. The lowest BCUT2D eigenvalue weighted by atomic mass is 10.1. The van der Waals surface area contributed by atoms with Gasteiger partial charge >= 0.3 is 0 Å². The highest BCUT2D eigenvalue weighted by Gasteiger charge is 2.19. The molecule has 0 aliphatic carbocycles. The van der Waals surface area contributed by atoms with Crippen molar-refractivity contribution in [1.29, 1.82) is 0 Å². The van der Waals surface area contributed by atoms with Crippen molar-refractivity contribution in [2.45, 2.75) is 26.1 Å². The van der Waals surface area contributed by atoms with E-state index in [1.807, 2.05) is 0 Å². The second-order valence-electron chi connectivity index (χ2n) is 2.46. The molecule has 3 N–H and O–H groups in total. The Kier molecular flexibility index (Phi) is 3.78. The van der Waals surface area contributed by atoms with Crippen molar-refractivity contribution >= 4 is 6.29 Å². The van der Waals surface area contributed by atoms with E-state index >= 15 is 0 Å². The number of carbonyl (C=O) groups excluding carboxylic acids is 1. The Balaban J connectivity index is 4.36. The smallest absolute Gasteiger partial charge is 0.151 e. The zero-order valence-corrected chi connectivity index (χ0v) is 6.48. The van der Waals surface area contributed by atoms with Crippen molar-refractivity contribution in [1.82, 2.24) is 0 Å². The van der Waals surface area contributed by atoms with Crippen molar-refractivity contribution in [2.75, 3.05) is 0 Å². The summed E-state index contributed by atoms with van der Waals surface area (Å²) >= 11 is 0. The summed E-state index contributed by atoms with van der Waals surface area (Å²) < 4.78 is 0. The summed E-state index contributed by atoms with van der Waals surface area (Å²) in [4.78, 5) is 9.93. The summed E-state index contributed by atoms with van der Waals surface area (Å²) in [5.74, 6) is -0.357. The molecule has 2 unspecified atom stereocenters. The number of aliphatic hydroxyl groups excluding tert-OH is 3. The Labute approximate surface area is 64.8 Å². The molecule has 11 heavy (non-hydrogen) atoms. The molecule has 0 aliphatic rings. The minimum absolute atomic E-state index is 0.170. The Morgan fingerprint density at radius 3 is 2.09 bits per heavy atom. The molecule has 0 aliphatic heterocycles. The third-order valence-corrected chi connectivity index (χ3v) is 1.26. The fourth-order valence-corrected chi connectivity index (χ4v) is 0.532. The zero-order chi connectivity index (χ0) is 9.02. The van der Waals surface area contributed by atoms with Crippen molar-refractivity contribution in [3.63, 3.8) is 0 Å². The fraction of sp³-hybridized carbons (Fsp3) is 0.571. The average Bonchev–Trinajstić information content (AvgIpc) is 2.00. The van der Waals surface area contributed by atoms with Gasteiger partial charge in [0.2, 0.25) is 0 Å². The summed E-state index contributed by atoms with van der Waals surface area (Å²) in [6, 6.07) is 0. The van der Waals surface area contributed by atoms with Gasteiger partial charge in [-0.25, -0.2) is 0 Å². The summed E-state index contributed by atoms with van der Waals surface area (Å²) in [5.41, 5.74) is 0.471. The topological polar surface area (TPSA) is 77.8 Å². The first-order valence-electron chi connectivity index (χ1n) is 3.18. The zero-order valence-electron chi connectivity index (χ0n) is 6.48. The number of allylic oxidation sites excluding steroid dienone is 1. The van der Waals surface area contributed by atoms with Gasteiger partial charge in [0, 0.05) is 0 Å². The van der Waals surface area contributed by atoms with Crippen LogP contribution in [0.3, 0.4) is 0 Å². The van der Waals surface area contributed by atoms with E-state index in [-0.39, 0.29) is 12.0 Å². The second kappa shape index (κ2) is 4.10. The third-order valence-electron chi connectivity index (χ3n) is 1.26. The highest BCUT2D eigenvalue weighted by molar-refractivity contribution is 5.57. The highest BCUT2D eigenvalue weighted by atomic mass is 16.4. The van der Waals surface area contributed by atoms with Crippen molar-refractivity contribution in [3.8, 4) is 0 Å². The molecule has 0 heterocycles. The van der Waals surface area contributed by atoms with Gasteiger partial charge in [0.25, 0.3) is 0 Å². The van der Waals surface area contributed by atoms with Crippen LogP contribution in [0.4, 0.5) is 0 Å². The van der Waals surface area contributed by atoms with Gasteiger partial charge in [-0.3, -0.25) is 0 Å². The number of carbonyl (C=O) groups is 1. The first kappa shape index (κ1) is 10.1. The highest BCUT2D eigenvalue weighted by Crippen LogP contribution is 2.07. The maximum atomic E-state index is 9.93. The molecular weight excluding hydrogens is 148 g/mol. The van der Waals surface area contributed by atoms with Crippen LogP contribution in [0.15, 0.2) is 11.3 Å². The monoisotopic (exact) mass is 160 g/mol. The number of rotatable bonds is 3. The van der Waals surface area contributed by atoms with Crippen LogP contribution in [0.25, 0.3) is 0 Å². The van der Waals surface area contributed by atoms with Crippen LogP contribution < -0.4 is 0 Å². The predicted octanol–water partition coefficient (Wildman–Crippen LogP) is -0.241. The Morgan fingerprint density at radius 1 is 1.36 bits per heavy atom. The van der Waals surface area contributed by atoms with Gasteiger partial charge in [0.1, 0.15) is 18.0 Å². The normalized spacial score (nSPS) is 15.3. The Hall–Kier alpha value is -0.870. The molecule has 0 bridgehead atoms. The molecular formula is C7H12O4. The number of aliphatic hydroxyl groups is 3. The van der Waals surface area contributed by atoms with E-state index in [1.54, 1.807) is 13.8 Å². The van der Waals surface area contributed by atoms with Gasteiger partial charge in [-0.15, -0.1) is 0 Å². The van der Waals surface area contributed by atoms with Crippen LogP contribution in [-0.2, 0) is 4.79 Å². The van der Waals surface area contributed by atoms with E-state index in [0.29, 0.717) is 5.57 Å². The average molecular weight is 160 g/mol. The van der Waals surface area contributed by atoms with E-state index in [0.717, 1.165) is 0 Å². The van der Waals surface area contributed by atoms with Crippen LogP contribution in [0.5, 0.6) is 0 Å². The molecule has 0 saturated heterocycles. The lowest BCUT2D eigenvalue weighted by molar-refractivity contribution is -0.119. The minimum atomic E-state index is -1.55. The number of hydrogen-bond donors (Lipinski definition) is 3. The molecule has 4 nitrogen and oxygen atoms in total. The SMILES string of the molecule is CC(C)=C(O)C(O)C(O)C=O. The van der Waals surface area contributed by atoms with E-state index < -0.39 is 12.2 Å². The maximum absolute atomic E-state index is 9.93. The molecule has 0 spiro atoms. The van der Waals surface area contributed by atoms with Crippen LogP contribution in [-0.4, -0.2) is 33.8 Å². The van der Waals surface area contributed by atoms with E-state index in [4.69, 9.17) is 15.3 Å². The maximum Gasteiger partial charge on any atom is 0.151 e. The Morgan fingerprint density at radius 2 is 1.82 bits per heavy atom. The van der Waals surface area contributed by atoms with E-state index in [9.17, 15) is 4.79 Å². The van der Waals surface area contributed by atoms with Gasteiger partial charge in [-0.05, 0) is 19.4 Å². The fourth-order valence-electron chi connectivity index (χ4n) is 0.532. The molecule has 0 rings (SSSR count). The lowest BCUT2D eigenvalue weighted by Gasteiger charge is -2.12.